The SMILES string of the molecule is C#Cc1cc(-c2ccccc2)cn(C)c1=O. The summed E-state index contributed by atoms with van der Waals surface area (Å²) in [6.07, 6.45) is 7.09. The summed E-state index contributed by atoms with van der Waals surface area (Å²) in [5, 5.41) is 0. The van der Waals surface area contributed by atoms with Crippen molar-refractivity contribution in [1.29, 1.82) is 0 Å². The third-order valence-electron chi connectivity index (χ3n) is 2.45. The van der Waals surface area contributed by atoms with Crippen molar-refractivity contribution in [3.05, 3.63) is 58.5 Å². The molecule has 0 unspecified atom stereocenters. The van der Waals surface area contributed by atoms with Crippen LogP contribution in [0.4, 0.5) is 0 Å². The standard InChI is InChI=1S/C14H11NO/c1-3-11-9-13(10-15(2)14(11)16)12-7-5-4-6-8-12/h1,4-10H,2H3. The van der Waals surface area contributed by atoms with Crippen molar-refractivity contribution >= 4 is 0 Å². The molecule has 0 fully saturated rings. The molecule has 0 amide bonds. The van der Waals surface area contributed by atoms with Crippen molar-refractivity contribution in [2.45, 2.75) is 0 Å². The van der Waals surface area contributed by atoms with Gasteiger partial charge in [0.1, 0.15) is 0 Å². The first-order valence-corrected chi connectivity index (χ1v) is 4.95. The predicted octanol–water partition coefficient (Wildman–Crippen LogP) is 2.03. The van der Waals surface area contributed by atoms with Crippen molar-refractivity contribution in [2.24, 2.45) is 7.05 Å². The normalized spacial score (nSPS) is 9.75. The van der Waals surface area contributed by atoms with E-state index in [-0.39, 0.29) is 5.56 Å². The molecule has 1 heterocycles. The fraction of sp³-hybridized carbons (Fsp3) is 0.0714. The molecule has 0 saturated carbocycles. The highest BCUT2D eigenvalue weighted by Crippen LogP contribution is 2.17. The quantitative estimate of drug-likeness (QED) is 0.659. The number of aryl methyl sites for hydroxylation is 1. The van der Waals surface area contributed by atoms with Crippen LogP contribution in [0.1, 0.15) is 5.56 Å². The van der Waals surface area contributed by atoms with Gasteiger partial charge in [0.2, 0.25) is 0 Å². The van der Waals surface area contributed by atoms with Crippen LogP contribution in [0.15, 0.2) is 47.4 Å². The molecule has 2 heteroatoms. The summed E-state index contributed by atoms with van der Waals surface area (Å²) in [4.78, 5) is 11.6. The number of rotatable bonds is 1. The van der Waals surface area contributed by atoms with E-state index < -0.39 is 0 Å². The van der Waals surface area contributed by atoms with Crippen molar-refractivity contribution in [1.82, 2.24) is 4.57 Å². The number of hydrogen-bond donors (Lipinski definition) is 0. The third kappa shape index (κ3) is 1.76. The van der Waals surface area contributed by atoms with Crippen LogP contribution in [0.3, 0.4) is 0 Å². The summed E-state index contributed by atoms with van der Waals surface area (Å²) >= 11 is 0. The van der Waals surface area contributed by atoms with Gasteiger partial charge in [0.05, 0.1) is 5.56 Å². The Morgan fingerprint density at radius 3 is 2.50 bits per heavy atom. The highest BCUT2D eigenvalue weighted by atomic mass is 16.1. The van der Waals surface area contributed by atoms with Gasteiger partial charge in [-0.05, 0) is 17.2 Å². The Morgan fingerprint density at radius 2 is 1.88 bits per heavy atom. The molecule has 0 atom stereocenters. The molecule has 1 aromatic carbocycles. The highest BCUT2D eigenvalue weighted by Gasteiger charge is 2.03. The van der Waals surface area contributed by atoms with E-state index in [9.17, 15) is 4.79 Å². The van der Waals surface area contributed by atoms with E-state index in [1.54, 1.807) is 19.3 Å². The number of terminal acetylenes is 1. The minimum absolute atomic E-state index is 0.137. The molecule has 2 aromatic rings. The molecule has 0 spiro atoms. The maximum atomic E-state index is 11.6. The maximum Gasteiger partial charge on any atom is 0.266 e. The molecule has 2 rings (SSSR count). The van der Waals surface area contributed by atoms with Gasteiger partial charge in [-0.3, -0.25) is 4.79 Å². The smallest absolute Gasteiger partial charge is 0.266 e. The molecule has 0 bridgehead atoms. The topological polar surface area (TPSA) is 22.0 Å². The molecular weight excluding hydrogens is 198 g/mol. The van der Waals surface area contributed by atoms with E-state index in [4.69, 9.17) is 6.42 Å². The predicted molar refractivity (Wildman–Crippen MR) is 65.1 cm³/mol. The second kappa shape index (κ2) is 4.08. The van der Waals surface area contributed by atoms with E-state index in [1.165, 1.54) is 4.57 Å². The zero-order valence-electron chi connectivity index (χ0n) is 8.97. The zero-order valence-corrected chi connectivity index (χ0v) is 8.97. The molecule has 16 heavy (non-hydrogen) atoms. The molecule has 0 radical (unpaired) electrons. The van der Waals surface area contributed by atoms with Crippen LogP contribution in [0, 0.1) is 12.3 Å². The largest absolute Gasteiger partial charge is 0.317 e. The molecule has 0 aliphatic rings. The summed E-state index contributed by atoms with van der Waals surface area (Å²) in [6.45, 7) is 0. The van der Waals surface area contributed by atoms with Gasteiger partial charge in [-0.15, -0.1) is 6.42 Å². The van der Waals surface area contributed by atoms with E-state index >= 15 is 0 Å². The summed E-state index contributed by atoms with van der Waals surface area (Å²) in [7, 11) is 1.70. The Kier molecular flexibility index (Phi) is 2.61. The van der Waals surface area contributed by atoms with Crippen LogP contribution in [-0.2, 0) is 7.05 Å². The van der Waals surface area contributed by atoms with Crippen LogP contribution in [0.25, 0.3) is 11.1 Å². The van der Waals surface area contributed by atoms with Crippen molar-refractivity contribution in [2.75, 3.05) is 0 Å². The van der Waals surface area contributed by atoms with Gasteiger partial charge in [0, 0.05) is 13.2 Å². The first kappa shape index (κ1) is 10.3. The minimum Gasteiger partial charge on any atom is -0.317 e. The number of hydrogen-bond acceptors (Lipinski definition) is 1. The van der Waals surface area contributed by atoms with Gasteiger partial charge in [-0.25, -0.2) is 0 Å². The van der Waals surface area contributed by atoms with Crippen molar-refractivity contribution in [3.8, 4) is 23.5 Å². The maximum absolute atomic E-state index is 11.6. The Hall–Kier alpha value is -2.27. The Balaban J connectivity index is 2.66. The number of pyridine rings is 1. The average Bonchev–Trinajstić information content (AvgIpc) is 2.33. The van der Waals surface area contributed by atoms with Crippen molar-refractivity contribution in [3.63, 3.8) is 0 Å². The monoisotopic (exact) mass is 209 g/mol. The van der Waals surface area contributed by atoms with Crippen LogP contribution < -0.4 is 5.56 Å². The van der Waals surface area contributed by atoms with E-state index in [0.717, 1.165) is 11.1 Å². The fourth-order valence-electron chi connectivity index (χ4n) is 1.60. The number of aromatic nitrogens is 1. The van der Waals surface area contributed by atoms with E-state index in [0.29, 0.717) is 5.56 Å². The Bertz CT molecular complexity index is 603. The zero-order chi connectivity index (χ0) is 11.5. The summed E-state index contributed by atoms with van der Waals surface area (Å²) in [5.74, 6) is 2.41. The van der Waals surface area contributed by atoms with Gasteiger partial charge in [0.25, 0.3) is 5.56 Å². The molecule has 0 saturated heterocycles. The van der Waals surface area contributed by atoms with Crippen LogP contribution in [0.2, 0.25) is 0 Å². The molecule has 78 valence electrons. The first-order valence-electron chi connectivity index (χ1n) is 4.95. The lowest BCUT2D eigenvalue weighted by Crippen LogP contribution is -2.18. The van der Waals surface area contributed by atoms with Gasteiger partial charge >= 0.3 is 0 Å². The van der Waals surface area contributed by atoms with Crippen molar-refractivity contribution < 1.29 is 0 Å². The minimum atomic E-state index is -0.137. The van der Waals surface area contributed by atoms with Gasteiger partial charge < -0.3 is 4.57 Å². The fourth-order valence-corrected chi connectivity index (χ4v) is 1.60. The van der Waals surface area contributed by atoms with Gasteiger partial charge in [0.15, 0.2) is 0 Å². The highest BCUT2D eigenvalue weighted by molar-refractivity contribution is 5.64. The molecule has 2 nitrogen and oxygen atoms in total. The lowest BCUT2D eigenvalue weighted by atomic mass is 10.1. The number of benzene rings is 1. The number of nitrogens with zero attached hydrogens (tertiary/aromatic N) is 1. The Labute approximate surface area is 94.2 Å². The van der Waals surface area contributed by atoms with E-state index in [1.807, 2.05) is 30.3 Å². The molecule has 0 N–H and O–H groups in total. The first-order chi connectivity index (χ1) is 7.72. The van der Waals surface area contributed by atoms with Crippen LogP contribution >= 0.6 is 0 Å². The second-order valence-corrected chi connectivity index (χ2v) is 3.57. The molecule has 0 aliphatic heterocycles. The lowest BCUT2D eigenvalue weighted by Gasteiger charge is -2.05. The molecular formula is C14H11NO. The third-order valence-corrected chi connectivity index (χ3v) is 2.45. The lowest BCUT2D eigenvalue weighted by molar-refractivity contribution is 0.858. The summed E-state index contributed by atoms with van der Waals surface area (Å²) in [5.41, 5.74) is 2.26. The summed E-state index contributed by atoms with van der Waals surface area (Å²) < 4.78 is 1.51. The Morgan fingerprint density at radius 1 is 1.19 bits per heavy atom. The van der Waals surface area contributed by atoms with Gasteiger partial charge in [-0.2, -0.15) is 0 Å². The molecule has 0 aliphatic carbocycles. The second-order valence-electron chi connectivity index (χ2n) is 3.57. The van der Waals surface area contributed by atoms with E-state index in [2.05, 4.69) is 5.92 Å². The van der Waals surface area contributed by atoms with Crippen LogP contribution in [-0.4, -0.2) is 4.57 Å². The van der Waals surface area contributed by atoms with Gasteiger partial charge in [-0.1, -0.05) is 36.3 Å². The average molecular weight is 209 g/mol. The van der Waals surface area contributed by atoms with Crippen LogP contribution in [0.5, 0.6) is 0 Å². The summed E-state index contributed by atoms with van der Waals surface area (Å²) in [6, 6.07) is 11.6. The molecule has 1 aromatic heterocycles.